The van der Waals surface area contributed by atoms with Crippen LogP contribution in [0.2, 0.25) is 0 Å². The van der Waals surface area contributed by atoms with Crippen LogP contribution in [0.25, 0.3) is 0 Å². The van der Waals surface area contributed by atoms with Crippen molar-refractivity contribution in [2.75, 3.05) is 13.6 Å². The van der Waals surface area contributed by atoms with Crippen LogP contribution in [0.1, 0.15) is 54.9 Å². The van der Waals surface area contributed by atoms with Gasteiger partial charge >= 0.3 is 0 Å². The third-order valence-corrected chi connectivity index (χ3v) is 3.22. The van der Waals surface area contributed by atoms with Gasteiger partial charge in [-0.1, -0.05) is 20.8 Å². The minimum Gasteiger partial charge on any atom is -0.342 e. The first kappa shape index (κ1) is 16.4. The number of carbonyl (C=O) groups excluding carboxylic acids is 1. The Morgan fingerprint density at radius 1 is 1.18 bits per heavy atom. The molecule has 0 aromatic carbocycles. The maximum absolute atomic E-state index is 12.0. The second kappa shape index (κ2) is 5.85. The molecule has 102 valence electrons. The smallest absolute Gasteiger partial charge is 0.223 e. The Labute approximate surface area is 107 Å². The lowest BCUT2D eigenvalue weighted by Crippen LogP contribution is -2.44. The summed E-state index contributed by atoms with van der Waals surface area (Å²) < 4.78 is 0. The highest BCUT2D eigenvalue weighted by atomic mass is 16.2. The van der Waals surface area contributed by atoms with Gasteiger partial charge in [0.1, 0.15) is 0 Å². The van der Waals surface area contributed by atoms with Gasteiger partial charge in [-0.2, -0.15) is 0 Å². The number of rotatable bonds is 4. The lowest BCUT2D eigenvalue weighted by Gasteiger charge is -2.35. The highest BCUT2D eigenvalue weighted by molar-refractivity contribution is 5.76. The fraction of sp³-hybridized carbons (Fsp3) is 0.929. The van der Waals surface area contributed by atoms with Gasteiger partial charge in [0, 0.05) is 31.6 Å². The lowest BCUT2D eigenvalue weighted by atomic mass is 9.87. The first-order chi connectivity index (χ1) is 7.45. The molecule has 3 nitrogen and oxygen atoms in total. The average Bonchev–Trinajstić information content (AvgIpc) is 2.11. The summed E-state index contributed by atoms with van der Waals surface area (Å²) in [6, 6.07) is 0.254. The Kier molecular flexibility index (Phi) is 5.66. The van der Waals surface area contributed by atoms with E-state index in [9.17, 15) is 4.79 Å². The second-order valence-corrected chi connectivity index (χ2v) is 6.97. The monoisotopic (exact) mass is 242 g/mol. The molecule has 0 aliphatic heterocycles. The van der Waals surface area contributed by atoms with Gasteiger partial charge in [0.15, 0.2) is 0 Å². The van der Waals surface area contributed by atoms with Gasteiger partial charge in [0.2, 0.25) is 5.91 Å². The maximum Gasteiger partial charge on any atom is 0.223 e. The van der Waals surface area contributed by atoms with Crippen LogP contribution in [-0.2, 0) is 4.79 Å². The molecule has 17 heavy (non-hydrogen) atoms. The van der Waals surface area contributed by atoms with E-state index in [4.69, 9.17) is 0 Å². The van der Waals surface area contributed by atoms with E-state index in [-0.39, 0.29) is 22.9 Å². The highest BCUT2D eigenvalue weighted by Gasteiger charge is 2.26. The summed E-state index contributed by atoms with van der Waals surface area (Å²) in [6.07, 6.45) is 0.564. The summed E-state index contributed by atoms with van der Waals surface area (Å²) in [5.74, 6) is 0.212. The molecule has 0 aromatic rings. The van der Waals surface area contributed by atoms with Crippen LogP contribution in [0.3, 0.4) is 0 Å². The Morgan fingerprint density at radius 3 is 2.00 bits per heavy atom. The zero-order chi connectivity index (χ0) is 13.9. The van der Waals surface area contributed by atoms with Gasteiger partial charge in [-0.15, -0.1) is 0 Å². The molecule has 0 saturated heterocycles. The van der Waals surface area contributed by atoms with Gasteiger partial charge in [0.25, 0.3) is 0 Å². The molecular formula is C14H30N2O. The number of hydrogen-bond acceptors (Lipinski definition) is 2. The number of hydrogen-bond donors (Lipinski definition) is 1. The SMILES string of the molecule is CC(N(C)C(=O)CCNC(C)(C)C)C(C)(C)C. The van der Waals surface area contributed by atoms with E-state index in [1.165, 1.54) is 0 Å². The molecule has 0 aliphatic rings. The molecule has 0 radical (unpaired) electrons. The maximum atomic E-state index is 12.0. The summed E-state index contributed by atoms with van der Waals surface area (Å²) in [6.45, 7) is 15.7. The molecule has 0 heterocycles. The van der Waals surface area contributed by atoms with Gasteiger partial charge in [-0.05, 0) is 33.1 Å². The molecule has 0 bridgehead atoms. The first-order valence-electron chi connectivity index (χ1n) is 6.46. The van der Waals surface area contributed by atoms with E-state index in [0.29, 0.717) is 6.42 Å². The third kappa shape index (κ3) is 6.67. The van der Waals surface area contributed by atoms with Crippen molar-refractivity contribution in [2.45, 2.75) is 66.5 Å². The van der Waals surface area contributed by atoms with Crippen molar-refractivity contribution in [3.05, 3.63) is 0 Å². The summed E-state index contributed by atoms with van der Waals surface area (Å²) in [4.78, 5) is 13.9. The lowest BCUT2D eigenvalue weighted by molar-refractivity contribution is -0.133. The van der Waals surface area contributed by atoms with E-state index >= 15 is 0 Å². The molecule has 0 rings (SSSR count). The van der Waals surface area contributed by atoms with Crippen LogP contribution in [0, 0.1) is 5.41 Å². The van der Waals surface area contributed by atoms with Crippen molar-refractivity contribution in [2.24, 2.45) is 5.41 Å². The summed E-state index contributed by atoms with van der Waals surface area (Å²) in [7, 11) is 1.90. The van der Waals surface area contributed by atoms with Crippen molar-refractivity contribution < 1.29 is 4.79 Å². The molecular weight excluding hydrogens is 212 g/mol. The van der Waals surface area contributed by atoms with E-state index in [1.54, 1.807) is 0 Å². The number of amides is 1. The van der Waals surface area contributed by atoms with Gasteiger partial charge in [0.05, 0.1) is 0 Å². The largest absolute Gasteiger partial charge is 0.342 e. The first-order valence-corrected chi connectivity index (χ1v) is 6.46. The Morgan fingerprint density at radius 2 is 1.65 bits per heavy atom. The van der Waals surface area contributed by atoms with E-state index in [0.717, 1.165) is 6.54 Å². The van der Waals surface area contributed by atoms with Crippen LogP contribution in [0.15, 0.2) is 0 Å². The third-order valence-electron chi connectivity index (χ3n) is 3.22. The fourth-order valence-electron chi connectivity index (χ4n) is 1.52. The van der Waals surface area contributed by atoms with Crippen molar-refractivity contribution >= 4 is 5.91 Å². The molecule has 3 heteroatoms. The summed E-state index contributed by atoms with van der Waals surface area (Å²) >= 11 is 0. The standard InChI is InChI=1S/C14H30N2O/c1-11(13(2,3)4)16(8)12(17)9-10-15-14(5,6)7/h11,15H,9-10H2,1-8H3. The van der Waals surface area contributed by atoms with Crippen molar-refractivity contribution in [3.8, 4) is 0 Å². The molecule has 1 amide bonds. The van der Waals surface area contributed by atoms with Crippen molar-refractivity contribution in [3.63, 3.8) is 0 Å². The molecule has 1 N–H and O–H groups in total. The number of nitrogens with zero attached hydrogens (tertiary/aromatic N) is 1. The van der Waals surface area contributed by atoms with E-state index in [1.807, 2.05) is 11.9 Å². The molecule has 0 fully saturated rings. The molecule has 1 unspecified atom stereocenters. The van der Waals surface area contributed by atoms with Crippen LogP contribution in [0.5, 0.6) is 0 Å². The van der Waals surface area contributed by atoms with E-state index < -0.39 is 0 Å². The molecule has 1 atom stereocenters. The predicted octanol–water partition coefficient (Wildman–Crippen LogP) is 2.66. The Bertz CT molecular complexity index is 248. The summed E-state index contributed by atoms with van der Waals surface area (Å²) in [5, 5.41) is 3.34. The van der Waals surface area contributed by atoms with E-state index in [2.05, 4.69) is 53.8 Å². The molecule has 0 aromatic heterocycles. The van der Waals surface area contributed by atoms with Crippen molar-refractivity contribution in [1.29, 1.82) is 0 Å². The zero-order valence-corrected chi connectivity index (χ0v) is 12.8. The molecule has 0 spiro atoms. The van der Waals surface area contributed by atoms with Crippen LogP contribution >= 0.6 is 0 Å². The van der Waals surface area contributed by atoms with Gasteiger partial charge < -0.3 is 10.2 Å². The number of carbonyl (C=O) groups is 1. The van der Waals surface area contributed by atoms with Gasteiger partial charge in [-0.3, -0.25) is 4.79 Å². The van der Waals surface area contributed by atoms with Crippen LogP contribution in [-0.4, -0.2) is 36.0 Å². The fourth-order valence-corrected chi connectivity index (χ4v) is 1.52. The topological polar surface area (TPSA) is 32.3 Å². The normalized spacial score (nSPS) is 14.6. The predicted molar refractivity (Wildman–Crippen MR) is 74.1 cm³/mol. The minimum atomic E-state index is 0.0779. The van der Waals surface area contributed by atoms with Gasteiger partial charge in [-0.25, -0.2) is 0 Å². The average molecular weight is 242 g/mol. The Hall–Kier alpha value is -0.570. The summed E-state index contributed by atoms with van der Waals surface area (Å²) in [5.41, 5.74) is 0.205. The van der Waals surface area contributed by atoms with Crippen molar-refractivity contribution in [1.82, 2.24) is 10.2 Å². The quantitative estimate of drug-likeness (QED) is 0.822. The van der Waals surface area contributed by atoms with Crippen LogP contribution < -0.4 is 5.32 Å². The molecule has 0 saturated carbocycles. The number of nitrogens with one attached hydrogen (secondary N) is 1. The molecule has 0 aliphatic carbocycles. The second-order valence-electron chi connectivity index (χ2n) is 6.97. The highest BCUT2D eigenvalue weighted by Crippen LogP contribution is 2.23. The minimum absolute atomic E-state index is 0.0779. The zero-order valence-electron chi connectivity index (χ0n) is 12.8. The Balaban J connectivity index is 4.16. The van der Waals surface area contributed by atoms with Crippen LogP contribution in [0.4, 0.5) is 0 Å².